The van der Waals surface area contributed by atoms with Crippen LogP contribution in [0.1, 0.15) is 21.9 Å². The first-order chi connectivity index (χ1) is 10.1. The van der Waals surface area contributed by atoms with Gasteiger partial charge in [0.1, 0.15) is 5.76 Å². The largest absolute Gasteiger partial charge is 0.475 e. The molecule has 1 N–H and O–H groups in total. The van der Waals surface area contributed by atoms with Crippen LogP contribution < -0.4 is 0 Å². The molecule has 0 unspecified atom stereocenters. The van der Waals surface area contributed by atoms with E-state index >= 15 is 0 Å². The van der Waals surface area contributed by atoms with Crippen LogP contribution in [0.4, 0.5) is 0 Å². The van der Waals surface area contributed by atoms with Gasteiger partial charge in [-0.1, -0.05) is 18.2 Å². The maximum atomic E-state index is 10.9. The number of hydrogen-bond acceptors (Lipinski definition) is 4. The average molecular weight is 299 g/mol. The molecular weight excluding hydrogens is 286 g/mol. The second-order valence-corrected chi connectivity index (χ2v) is 5.63. The van der Waals surface area contributed by atoms with Gasteiger partial charge in [-0.05, 0) is 25.1 Å². The Bertz CT molecular complexity index is 805. The number of carboxylic acids is 1. The summed E-state index contributed by atoms with van der Waals surface area (Å²) in [6.07, 6.45) is 1.78. The lowest BCUT2D eigenvalue weighted by atomic mass is 10.2. The van der Waals surface area contributed by atoms with E-state index in [1.165, 1.54) is 0 Å². The highest BCUT2D eigenvalue weighted by Crippen LogP contribution is 2.30. The number of carbonyl (C=O) groups is 1. The predicted molar refractivity (Wildman–Crippen MR) is 81.7 cm³/mol. The highest BCUT2D eigenvalue weighted by Gasteiger charge is 2.13. The van der Waals surface area contributed by atoms with E-state index in [4.69, 9.17) is 9.52 Å². The molecule has 106 valence electrons. The van der Waals surface area contributed by atoms with Gasteiger partial charge in [0.25, 0.3) is 0 Å². The molecule has 3 aromatic rings. The summed E-state index contributed by atoms with van der Waals surface area (Å²) in [5.41, 5.74) is 1.86. The maximum Gasteiger partial charge on any atom is 0.371 e. The Hall–Kier alpha value is -2.27. The van der Waals surface area contributed by atoms with E-state index in [2.05, 4.69) is 4.98 Å². The number of aromatic nitrogens is 1. The van der Waals surface area contributed by atoms with Crippen LogP contribution in [0.2, 0.25) is 0 Å². The van der Waals surface area contributed by atoms with Crippen LogP contribution >= 0.6 is 11.8 Å². The normalized spacial score (nSPS) is 10.9. The third-order valence-electron chi connectivity index (χ3n) is 3.21. The third-order valence-corrected chi connectivity index (χ3v) is 4.31. The van der Waals surface area contributed by atoms with E-state index in [1.807, 2.05) is 30.3 Å². The lowest BCUT2D eigenvalue weighted by Gasteiger charge is -2.04. The molecule has 0 atom stereocenters. The summed E-state index contributed by atoms with van der Waals surface area (Å²) in [5, 5.41) is 10.0. The Labute approximate surface area is 125 Å². The van der Waals surface area contributed by atoms with Crippen molar-refractivity contribution < 1.29 is 14.3 Å². The highest BCUT2D eigenvalue weighted by atomic mass is 32.2. The smallest absolute Gasteiger partial charge is 0.371 e. The molecule has 0 radical (unpaired) electrons. The van der Waals surface area contributed by atoms with Crippen LogP contribution in [0, 0.1) is 6.92 Å². The Morgan fingerprint density at radius 2 is 2.14 bits per heavy atom. The van der Waals surface area contributed by atoms with Gasteiger partial charge in [0.2, 0.25) is 5.76 Å². The number of nitrogens with zero attached hydrogens (tertiary/aromatic N) is 1. The molecular formula is C16H13NO3S. The number of aryl methyl sites for hydroxylation is 1. The topological polar surface area (TPSA) is 63.3 Å². The van der Waals surface area contributed by atoms with Crippen LogP contribution in [0.15, 0.2) is 51.9 Å². The molecule has 0 aliphatic carbocycles. The van der Waals surface area contributed by atoms with Crippen LogP contribution in [0.5, 0.6) is 0 Å². The minimum atomic E-state index is -1.04. The van der Waals surface area contributed by atoms with Gasteiger partial charge in [0.05, 0.1) is 5.52 Å². The number of para-hydroxylation sites is 1. The summed E-state index contributed by atoms with van der Waals surface area (Å²) in [6.45, 7) is 1.78. The van der Waals surface area contributed by atoms with Gasteiger partial charge in [-0.25, -0.2) is 4.79 Å². The zero-order valence-corrected chi connectivity index (χ0v) is 12.2. The number of hydrogen-bond donors (Lipinski definition) is 1. The standard InChI is InChI=1S/C16H13NO3S/c1-10-12(8-13(20-10)16(18)19)9-21-14-6-2-4-11-5-3-7-17-15(11)14/h2-8H,9H2,1H3,(H,18,19). The molecule has 3 rings (SSSR count). The third kappa shape index (κ3) is 2.78. The van der Waals surface area contributed by atoms with E-state index in [0.29, 0.717) is 11.5 Å². The van der Waals surface area contributed by atoms with Gasteiger partial charge in [-0.15, -0.1) is 11.8 Å². The summed E-state index contributed by atoms with van der Waals surface area (Å²) in [5.74, 6) is 0.242. The van der Waals surface area contributed by atoms with Gasteiger partial charge >= 0.3 is 5.97 Å². The summed E-state index contributed by atoms with van der Waals surface area (Å²) in [6, 6.07) is 11.6. The van der Waals surface area contributed by atoms with Gasteiger partial charge in [-0.3, -0.25) is 4.98 Å². The van der Waals surface area contributed by atoms with Crippen molar-refractivity contribution in [2.75, 3.05) is 0 Å². The SMILES string of the molecule is Cc1oc(C(=O)O)cc1CSc1cccc2cccnc12. The van der Waals surface area contributed by atoms with Crippen molar-refractivity contribution in [1.82, 2.24) is 4.98 Å². The maximum absolute atomic E-state index is 10.9. The highest BCUT2D eigenvalue weighted by molar-refractivity contribution is 7.98. The molecule has 0 aliphatic rings. The number of aromatic carboxylic acids is 1. The fraction of sp³-hybridized carbons (Fsp3) is 0.125. The molecule has 0 bridgehead atoms. The molecule has 2 heterocycles. The molecule has 0 amide bonds. The predicted octanol–water partition coefficient (Wildman–Crippen LogP) is 4.13. The molecule has 1 aromatic carbocycles. The number of pyridine rings is 1. The molecule has 0 saturated heterocycles. The summed E-state index contributed by atoms with van der Waals surface area (Å²) in [4.78, 5) is 16.4. The minimum Gasteiger partial charge on any atom is -0.475 e. The van der Waals surface area contributed by atoms with Crippen molar-refractivity contribution in [2.24, 2.45) is 0 Å². The first-order valence-electron chi connectivity index (χ1n) is 6.44. The van der Waals surface area contributed by atoms with E-state index in [0.717, 1.165) is 21.4 Å². The Balaban J connectivity index is 1.85. The number of thioether (sulfide) groups is 1. The van der Waals surface area contributed by atoms with Gasteiger partial charge in [0.15, 0.2) is 0 Å². The molecule has 5 heteroatoms. The number of carboxylic acid groups (broad SMARTS) is 1. The van der Waals surface area contributed by atoms with E-state index in [1.54, 1.807) is 30.9 Å². The van der Waals surface area contributed by atoms with Gasteiger partial charge in [0, 0.05) is 27.8 Å². The van der Waals surface area contributed by atoms with Gasteiger partial charge < -0.3 is 9.52 Å². The zero-order chi connectivity index (χ0) is 14.8. The minimum absolute atomic E-state index is 0.0147. The monoisotopic (exact) mass is 299 g/mol. The van der Waals surface area contributed by atoms with Crippen molar-refractivity contribution in [2.45, 2.75) is 17.6 Å². The second kappa shape index (κ2) is 5.61. The van der Waals surface area contributed by atoms with Crippen LogP contribution in [-0.4, -0.2) is 16.1 Å². The molecule has 0 spiro atoms. The number of benzene rings is 1. The number of fused-ring (bicyclic) bond motifs is 1. The van der Waals surface area contributed by atoms with E-state index < -0.39 is 5.97 Å². The Kier molecular flexibility index (Phi) is 3.66. The van der Waals surface area contributed by atoms with Crippen molar-refractivity contribution in [3.63, 3.8) is 0 Å². The average Bonchev–Trinajstić information content (AvgIpc) is 2.86. The molecule has 0 aliphatic heterocycles. The summed E-state index contributed by atoms with van der Waals surface area (Å²) in [7, 11) is 0. The lowest BCUT2D eigenvalue weighted by Crippen LogP contribution is -1.91. The van der Waals surface area contributed by atoms with E-state index in [9.17, 15) is 4.79 Å². The molecule has 4 nitrogen and oxygen atoms in total. The fourth-order valence-corrected chi connectivity index (χ4v) is 3.20. The molecule has 0 fully saturated rings. The van der Waals surface area contributed by atoms with Crippen molar-refractivity contribution >= 4 is 28.6 Å². The van der Waals surface area contributed by atoms with Crippen LogP contribution in [0.25, 0.3) is 10.9 Å². The van der Waals surface area contributed by atoms with Crippen LogP contribution in [-0.2, 0) is 5.75 Å². The molecule has 0 saturated carbocycles. The second-order valence-electron chi connectivity index (χ2n) is 4.62. The van der Waals surface area contributed by atoms with Crippen molar-refractivity contribution in [3.05, 3.63) is 59.7 Å². The lowest BCUT2D eigenvalue weighted by molar-refractivity contribution is 0.0661. The first-order valence-corrected chi connectivity index (χ1v) is 7.43. The van der Waals surface area contributed by atoms with Gasteiger partial charge in [-0.2, -0.15) is 0 Å². The Morgan fingerprint density at radius 3 is 2.90 bits per heavy atom. The summed E-state index contributed by atoms with van der Waals surface area (Å²) >= 11 is 1.63. The number of rotatable bonds is 4. The quantitative estimate of drug-likeness (QED) is 0.734. The van der Waals surface area contributed by atoms with Crippen molar-refractivity contribution in [1.29, 1.82) is 0 Å². The molecule has 21 heavy (non-hydrogen) atoms. The Morgan fingerprint density at radius 1 is 1.33 bits per heavy atom. The van der Waals surface area contributed by atoms with Crippen LogP contribution in [0.3, 0.4) is 0 Å². The fourth-order valence-electron chi connectivity index (χ4n) is 2.12. The van der Waals surface area contributed by atoms with Crippen molar-refractivity contribution in [3.8, 4) is 0 Å². The summed E-state index contributed by atoms with van der Waals surface area (Å²) < 4.78 is 5.22. The van der Waals surface area contributed by atoms with E-state index in [-0.39, 0.29) is 5.76 Å². The first kappa shape index (κ1) is 13.7. The molecule has 2 aromatic heterocycles. The zero-order valence-electron chi connectivity index (χ0n) is 11.4. The number of furan rings is 1.